The summed E-state index contributed by atoms with van der Waals surface area (Å²) in [6.45, 7) is 2.90. The predicted octanol–water partition coefficient (Wildman–Crippen LogP) is 3.43. The van der Waals surface area contributed by atoms with Crippen molar-refractivity contribution >= 4 is 27.3 Å². The molecule has 2 N–H and O–H groups in total. The lowest BCUT2D eigenvalue weighted by atomic mass is 10.1. The van der Waals surface area contributed by atoms with Crippen molar-refractivity contribution in [2.45, 2.75) is 25.6 Å². The third-order valence-corrected chi connectivity index (χ3v) is 4.71. The van der Waals surface area contributed by atoms with Gasteiger partial charge in [0, 0.05) is 29.9 Å². The molecule has 2 aromatic heterocycles. The fourth-order valence-electron chi connectivity index (χ4n) is 2.24. The number of hydrogen-bond donors (Lipinski definition) is 1. The fraction of sp³-hybridized carbons (Fsp3) is 0.357. The van der Waals surface area contributed by atoms with Crippen LogP contribution in [0.4, 0.5) is 0 Å². The van der Waals surface area contributed by atoms with E-state index >= 15 is 0 Å². The van der Waals surface area contributed by atoms with Crippen LogP contribution < -0.4 is 5.73 Å². The van der Waals surface area contributed by atoms with Gasteiger partial charge in [-0.05, 0) is 53.7 Å². The van der Waals surface area contributed by atoms with Crippen molar-refractivity contribution < 1.29 is 0 Å². The summed E-state index contributed by atoms with van der Waals surface area (Å²) in [4.78, 5) is 7.72. The molecule has 2 rings (SSSR count). The van der Waals surface area contributed by atoms with Crippen LogP contribution in [0.5, 0.6) is 0 Å². The second-order valence-electron chi connectivity index (χ2n) is 4.72. The van der Waals surface area contributed by atoms with Crippen LogP contribution in [-0.4, -0.2) is 23.0 Å². The van der Waals surface area contributed by atoms with Gasteiger partial charge in [-0.2, -0.15) is 0 Å². The molecule has 0 spiro atoms. The number of hydrogen-bond acceptors (Lipinski definition) is 4. The smallest absolute Gasteiger partial charge is 0.0702 e. The van der Waals surface area contributed by atoms with Gasteiger partial charge in [-0.3, -0.25) is 9.88 Å². The maximum Gasteiger partial charge on any atom is 0.0702 e. The van der Waals surface area contributed by atoms with E-state index in [1.54, 1.807) is 17.5 Å². The van der Waals surface area contributed by atoms with E-state index in [0.29, 0.717) is 0 Å². The summed E-state index contributed by atoms with van der Waals surface area (Å²) in [6.07, 6.45) is 3.70. The van der Waals surface area contributed by atoms with Crippen LogP contribution in [0.1, 0.15) is 23.4 Å². The average molecular weight is 340 g/mol. The minimum absolute atomic E-state index is 0.0761. The Labute approximate surface area is 126 Å². The first-order valence-electron chi connectivity index (χ1n) is 6.18. The van der Waals surface area contributed by atoms with Gasteiger partial charge < -0.3 is 5.73 Å². The molecule has 102 valence electrons. The van der Waals surface area contributed by atoms with Crippen LogP contribution in [0.25, 0.3) is 0 Å². The van der Waals surface area contributed by atoms with Gasteiger partial charge >= 0.3 is 0 Å². The standard InChI is InChI=1S/C14H18BrN3S/c1-10(16)14(12-5-6-13(15)19-12)18(2)9-11-4-3-7-17-8-11/h3-8,10,14H,9,16H2,1-2H3. The first kappa shape index (κ1) is 14.7. The van der Waals surface area contributed by atoms with Gasteiger partial charge in [-0.15, -0.1) is 11.3 Å². The number of rotatable bonds is 5. The second-order valence-corrected chi connectivity index (χ2v) is 7.22. The first-order chi connectivity index (χ1) is 9.08. The van der Waals surface area contributed by atoms with Crippen LogP contribution in [0, 0.1) is 0 Å². The lowest BCUT2D eigenvalue weighted by molar-refractivity contribution is 0.214. The Kier molecular flexibility index (Phi) is 5.10. The van der Waals surface area contributed by atoms with E-state index < -0.39 is 0 Å². The highest BCUT2D eigenvalue weighted by Crippen LogP contribution is 2.32. The number of pyridine rings is 1. The summed E-state index contributed by atoms with van der Waals surface area (Å²) in [5.74, 6) is 0. The molecule has 0 aliphatic carbocycles. The number of aromatic nitrogens is 1. The molecule has 19 heavy (non-hydrogen) atoms. The number of nitrogens with two attached hydrogens (primary N) is 1. The van der Waals surface area contributed by atoms with Crippen LogP contribution in [0.2, 0.25) is 0 Å². The summed E-state index contributed by atoms with van der Waals surface area (Å²) in [7, 11) is 2.11. The number of likely N-dealkylation sites (N-methyl/N-ethyl adjacent to an activating group) is 1. The summed E-state index contributed by atoms with van der Waals surface area (Å²) in [5, 5.41) is 0. The predicted molar refractivity (Wildman–Crippen MR) is 84.1 cm³/mol. The summed E-state index contributed by atoms with van der Waals surface area (Å²) >= 11 is 5.26. The summed E-state index contributed by atoms with van der Waals surface area (Å²) < 4.78 is 1.14. The van der Waals surface area contributed by atoms with E-state index in [1.165, 1.54) is 10.4 Å². The van der Waals surface area contributed by atoms with Gasteiger partial charge in [-0.25, -0.2) is 0 Å². The molecular weight excluding hydrogens is 322 g/mol. The van der Waals surface area contributed by atoms with Crippen molar-refractivity contribution in [1.82, 2.24) is 9.88 Å². The normalized spacial score (nSPS) is 14.6. The SMILES string of the molecule is CC(N)C(c1ccc(Br)s1)N(C)Cc1cccnc1. The minimum Gasteiger partial charge on any atom is -0.326 e. The molecule has 5 heteroatoms. The van der Waals surface area contributed by atoms with Crippen molar-refractivity contribution in [3.05, 3.63) is 50.9 Å². The number of halogens is 1. The Morgan fingerprint density at radius 1 is 1.42 bits per heavy atom. The number of thiophene rings is 1. The lowest BCUT2D eigenvalue weighted by Gasteiger charge is -2.30. The monoisotopic (exact) mass is 339 g/mol. The van der Waals surface area contributed by atoms with Crippen LogP contribution in [0.15, 0.2) is 40.4 Å². The van der Waals surface area contributed by atoms with Gasteiger partial charge in [-0.1, -0.05) is 6.07 Å². The molecule has 2 unspecified atom stereocenters. The average Bonchev–Trinajstić information content (AvgIpc) is 2.76. The van der Waals surface area contributed by atoms with Crippen molar-refractivity contribution in [2.75, 3.05) is 7.05 Å². The van der Waals surface area contributed by atoms with E-state index in [0.717, 1.165) is 10.3 Å². The topological polar surface area (TPSA) is 42.1 Å². The zero-order valence-corrected chi connectivity index (χ0v) is 13.5. The highest BCUT2D eigenvalue weighted by Gasteiger charge is 2.22. The number of nitrogens with zero attached hydrogens (tertiary/aromatic N) is 2. The molecule has 0 aliphatic heterocycles. The maximum absolute atomic E-state index is 6.17. The molecule has 0 bridgehead atoms. The van der Waals surface area contributed by atoms with E-state index in [9.17, 15) is 0 Å². The molecule has 2 atom stereocenters. The van der Waals surface area contributed by atoms with Crippen LogP contribution in [-0.2, 0) is 6.54 Å². The molecule has 0 fully saturated rings. The highest BCUT2D eigenvalue weighted by atomic mass is 79.9. The molecule has 3 nitrogen and oxygen atoms in total. The molecule has 0 aromatic carbocycles. The third kappa shape index (κ3) is 3.86. The Balaban J connectivity index is 2.15. The second kappa shape index (κ2) is 6.61. The molecule has 2 heterocycles. The van der Waals surface area contributed by atoms with Gasteiger partial charge in [0.05, 0.1) is 9.83 Å². The maximum atomic E-state index is 6.17. The Morgan fingerprint density at radius 2 is 2.21 bits per heavy atom. The summed E-state index contributed by atoms with van der Waals surface area (Å²) in [6, 6.07) is 8.57. The van der Waals surface area contributed by atoms with E-state index in [-0.39, 0.29) is 12.1 Å². The van der Waals surface area contributed by atoms with Crippen molar-refractivity contribution in [1.29, 1.82) is 0 Å². The highest BCUT2D eigenvalue weighted by molar-refractivity contribution is 9.11. The first-order valence-corrected chi connectivity index (χ1v) is 7.79. The van der Waals surface area contributed by atoms with Gasteiger partial charge in [0.1, 0.15) is 0 Å². The van der Waals surface area contributed by atoms with Crippen LogP contribution in [0.3, 0.4) is 0 Å². The molecule has 0 radical (unpaired) electrons. The van der Waals surface area contributed by atoms with E-state index in [4.69, 9.17) is 5.73 Å². The van der Waals surface area contributed by atoms with Crippen LogP contribution >= 0.6 is 27.3 Å². The molecule has 0 aliphatic rings. The quantitative estimate of drug-likeness (QED) is 0.907. The van der Waals surface area contributed by atoms with Crippen molar-refractivity contribution in [2.24, 2.45) is 5.73 Å². The van der Waals surface area contributed by atoms with Crippen molar-refractivity contribution in [3.63, 3.8) is 0 Å². The fourth-order valence-corrected chi connectivity index (χ4v) is 3.95. The molecule has 0 saturated heterocycles. The molecular formula is C14H18BrN3S. The zero-order chi connectivity index (χ0) is 13.8. The third-order valence-electron chi connectivity index (χ3n) is 3.01. The molecule has 0 amide bonds. The van der Waals surface area contributed by atoms with E-state index in [1.807, 2.05) is 12.3 Å². The lowest BCUT2D eigenvalue weighted by Crippen LogP contribution is -2.36. The zero-order valence-electron chi connectivity index (χ0n) is 11.1. The van der Waals surface area contributed by atoms with Crippen molar-refractivity contribution in [3.8, 4) is 0 Å². The van der Waals surface area contributed by atoms with Gasteiger partial charge in [0.25, 0.3) is 0 Å². The minimum atomic E-state index is 0.0761. The Morgan fingerprint density at radius 3 is 2.74 bits per heavy atom. The van der Waals surface area contributed by atoms with Gasteiger partial charge in [0.2, 0.25) is 0 Å². The Bertz CT molecular complexity index is 512. The summed E-state index contributed by atoms with van der Waals surface area (Å²) in [5.41, 5.74) is 7.37. The molecule has 2 aromatic rings. The largest absolute Gasteiger partial charge is 0.326 e. The Hall–Kier alpha value is -0.750. The van der Waals surface area contributed by atoms with Gasteiger partial charge in [0.15, 0.2) is 0 Å². The molecule has 0 saturated carbocycles. The van der Waals surface area contributed by atoms with E-state index in [2.05, 4.69) is 58.0 Å².